The van der Waals surface area contributed by atoms with Gasteiger partial charge in [0.2, 0.25) is 6.29 Å². The summed E-state index contributed by atoms with van der Waals surface area (Å²) < 4.78 is 16.4. The van der Waals surface area contributed by atoms with E-state index in [-0.39, 0.29) is 12.6 Å². The van der Waals surface area contributed by atoms with Crippen LogP contribution in [0.1, 0.15) is 24.3 Å². The summed E-state index contributed by atoms with van der Waals surface area (Å²) in [5.74, 6) is 0.353. The maximum absolute atomic E-state index is 10.8. The standard InChI is InChI=1S/C25H24O6/c1-17(19-10-12-21(13-11-19)28-15-14-27-18(2)26)24-16-29-25(31-30-24)23-9-5-7-20-6-3-4-8-22(20)23/h3-13,24-25H,1,14-16H2,2H3. The average Bonchev–Trinajstić information content (AvgIpc) is 2.81. The summed E-state index contributed by atoms with van der Waals surface area (Å²) in [6.07, 6.45) is -1.01. The summed E-state index contributed by atoms with van der Waals surface area (Å²) in [6, 6.07) is 21.5. The SMILES string of the molecule is C=C(c1ccc(OCCOC(C)=O)cc1)C1COC(c2cccc3ccccc23)OO1. The zero-order valence-corrected chi connectivity index (χ0v) is 17.3. The third kappa shape index (κ3) is 5.11. The van der Waals surface area contributed by atoms with Crippen LogP contribution in [0.15, 0.2) is 73.3 Å². The van der Waals surface area contributed by atoms with E-state index in [1.165, 1.54) is 6.92 Å². The Hall–Kier alpha value is -3.19. The molecule has 1 aliphatic rings. The Morgan fingerprint density at radius 2 is 1.77 bits per heavy atom. The van der Waals surface area contributed by atoms with E-state index in [2.05, 4.69) is 18.7 Å². The van der Waals surface area contributed by atoms with Gasteiger partial charge in [0.15, 0.2) is 0 Å². The van der Waals surface area contributed by atoms with Crippen molar-refractivity contribution in [3.8, 4) is 5.75 Å². The van der Waals surface area contributed by atoms with Crippen molar-refractivity contribution < 1.29 is 28.8 Å². The number of hydrogen-bond acceptors (Lipinski definition) is 6. The molecule has 0 aliphatic carbocycles. The van der Waals surface area contributed by atoms with E-state index in [9.17, 15) is 4.79 Å². The highest BCUT2D eigenvalue weighted by atomic mass is 17.2. The molecule has 1 aliphatic heterocycles. The van der Waals surface area contributed by atoms with Crippen molar-refractivity contribution in [2.24, 2.45) is 0 Å². The highest BCUT2D eigenvalue weighted by Crippen LogP contribution is 2.33. The van der Waals surface area contributed by atoms with Crippen LogP contribution < -0.4 is 4.74 Å². The summed E-state index contributed by atoms with van der Waals surface area (Å²) in [5.41, 5.74) is 2.58. The highest BCUT2D eigenvalue weighted by Gasteiger charge is 2.28. The normalized spacial score (nSPS) is 18.5. The number of ether oxygens (including phenoxy) is 3. The molecule has 6 nitrogen and oxygen atoms in total. The second-order valence-corrected chi connectivity index (χ2v) is 7.15. The van der Waals surface area contributed by atoms with Gasteiger partial charge in [0.25, 0.3) is 0 Å². The number of carbonyl (C=O) groups excluding carboxylic acids is 1. The summed E-state index contributed by atoms with van der Waals surface area (Å²) in [7, 11) is 0. The molecule has 160 valence electrons. The Morgan fingerprint density at radius 1 is 1.00 bits per heavy atom. The maximum Gasteiger partial charge on any atom is 0.302 e. The van der Waals surface area contributed by atoms with E-state index in [0.29, 0.717) is 19.0 Å². The van der Waals surface area contributed by atoms with Crippen molar-refractivity contribution in [2.75, 3.05) is 19.8 Å². The molecule has 1 fully saturated rings. The molecular weight excluding hydrogens is 396 g/mol. The second kappa shape index (κ2) is 9.75. The van der Waals surface area contributed by atoms with Crippen LogP contribution in [0.3, 0.4) is 0 Å². The molecule has 1 heterocycles. The quantitative estimate of drug-likeness (QED) is 0.310. The fourth-order valence-corrected chi connectivity index (χ4v) is 3.40. The molecule has 2 atom stereocenters. The molecule has 2 unspecified atom stereocenters. The fourth-order valence-electron chi connectivity index (χ4n) is 3.40. The van der Waals surface area contributed by atoms with Crippen molar-refractivity contribution in [3.63, 3.8) is 0 Å². The first-order chi connectivity index (χ1) is 15.1. The third-order valence-corrected chi connectivity index (χ3v) is 5.01. The van der Waals surface area contributed by atoms with Crippen LogP contribution in [-0.2, 0) is 24.0 Å². The lowest BCUT2D eigenvalue weighted by Crippen LogP contribution is -2.30. The topological polar surface area (TPSA) is 63.2 Å². The third-order valence-electron chi connectivity index (χ3n) is 5.01. The molecule has 3 aromatic rings. The van der Waals surface area contributed by atoms with Gasteiger partial charge < -0.3 is 14.2 Å². The Kier molecular flexibility index (Phi) is 6.62. The van der Waals surface area contributed by atoms with Gasteiger partial charge >= 0.3 is 5.97 Å². The van der Waals surface area contributed by atoms with Gasteiger partial charge in [-0.2, -0.15) is 4.89 Å². The van der Waals surface area contributed by atoms with Crippen LogP contribution in [0, 0.1) is 0 Å². The van der Waals surface area contributed by atoms with Gasteiger partial charge in [-0.3, -0.25) is 4.79 Å². The molecule has 3 aromatic carbocycles. The molecule has 31 heavy (non-hydrogen) atoms. The van der Waals surface area contributed by atoms with E-state index in [4.69, 9.17) is 24.0 Å². The first-order valence-corrected chi connectivity index (χ1v) is 10.1. The summed E-state index contributed by atoms with van der Waals surface area (Å²) in [4.78, 5) is 22.0. The van der Waals surface area contributed by atoms with E-state index < -0.39 is 12.4 Å². The maximum atomic E-state index is 10.8. The Labute approximate surface area is 180 Å². The fraction of sp³-hybridized carbons (Fsp3) is 0.240. The average molecular weight is 420 g/mol. The molecule has 0 N–H and O–H groups in total. The minimum atomic E-state index is -0.594. The van der Waals surface area contributed by atoms with E-state index in [1.807, 2.05) is 54.6 Å². The largest absolute Gasteiger partial charge is 0.490 e. The van der Waals surface area contributed by atoms with Gasteiger partial charge in [0.1, 0.15) is 25.1 Å². The second-order valence-electron chi connectivity index (χ2n) is 7.15. The molecule has 0 aromatic heterocycles. The van der Waals surface area contributed by atoms with Crippen molar-refractivity contribution in [2.45, 2.75) is 19.3 Å². The molecule has 6 heteroatoms. The highest BCUT2D eigenvalue weighted by molar-refractivity contribution is 5.85. The van der Waals surface area contributed by atoms with Crippen LogP contribution >= 0.6 is 0 Å². The van der Waals surface area contributed by atoms with Crippen LogP contribution in [0.25, 0.3) is 16.3 Å². The van der Waals surface area contributed by atoms with Crippen LogP contribution in [-0.4, -0.2) is 31.9 Å². The molecule has 0 amide bonds. The van der Waals surface area contributed by atoms with Gasteiger partial charge in [0, 0.05) is 12.5 Å². The van der Waals surface area contributed by atoms with Crippen LogP contribution in [0.2, 0.25) is 0 Å². The number of esters is 1. The van der Waals surface area contributed by atoms with Gasteiger partial charge in [-0.1, -0.05) is 61.2 Å². The van der Waals surface area contributed by atoms with E-state index >= 15 is 0 Å². The number of rotatable bonds is 7. The first kappa shape index (κ1) is 21.1. The zero-order valence-electron chi connectivity index (χ0n) is 17.3. The van der Waals surface area contributed by atoms with Gasteiger partial charge in [-0.25, -0.2) is 4.89 Å². The minimum Gasteiger partial charge on any atom is -0.490 e. The molecule has 0 saturated carbocycles. The molecular formula is C25H24O6. The Bertz CT molecular complexity index is 1050. The summed E-state index contributed by atoms with van der Waals surface area (Å²) in [5, 5.41) is 2.19. The molecule has 0 radical (unpaired) electrons. The van der Waals surface area contributed by atoms with Gasteiger partial charge in [-0.05, 0) is 34.0 Å². The smallest absolute Gasteiger partial charge is 0.302 e. The Balaban J connectivity index is 1.33. The van der Waals surface area contributed by atoms with Crippen molar-refractivity contribution in [1.29, 1.82) is 0 Å². The lowest BCUT2D eigenvalue weighted by atomic mass is 10.0. The van der Waals surface area contributed by atoms with Crippen molar-refractivity contribution in [1.82, 2.24) is 0 Å². The van der Waals surface area contributed by atoms with Crippen molar-refractivity contribution >= 4 is 22.3 Å². The number of benzene rings is 3. The number of hydrogen-bond donors (Lipinski definition) is 0. The van der Waals surface area contributed by atoms with Gasteiger partial charge in [-0.15, -0.1) is 0 Å². The Morgan fingerprint density at radius 3 is 2.52 bits per heavy atom. The number of carbonyl (C=O) groups is 1. The molecule has 0 spiro atoms. The van der Waals surface area contributed by atoms with Crippen LogP contribution in [0.4, 0.5) is 0 Å². The van der Waals surface area contributed by atoms with Gasteiger partial charge in [0.05, 0.1) is 6.61 Å². The lowest BCUT2D eigenvalue weighted by Gasteiger charge is -2.30. The molecule has 1 saturated heterocycles. The summed E-state index contributed by atoms with van der Waals surface area (Å²) >= 11 is 0. The predicted molar refractivity (Wildman–Crippen MR) is 116 cm³/mol. The summed E-state index contributed by atoms with van der Waals surface area (Å²) in [6.45, 7) is 6.34. The minimum absolute atomic E-state index is 0.215. The number of fused-ring (bicyclic) bond motifs is 1. The monoisotopic (exact) mass is 420 g/mol. The first-order valence-electron chi connectivity index (χ1n) is 10.1. The van der Waals surface area contributed by atoms with E-state index in [0.717, 1.165) is 27.5 Å². The van der Waals surface area contributed by atoms with E-state index in [1.54, 1.807) is 0 Å². The van der Waals surface area contributed by atoms with Crippen molar-refractivity contribution in [3.05, 3.63) is 84.4 Å². The van der Waals surface area contributed by atoms with Crippen LogP contribution in [0.5, 0.6) is 5.75 Å². The molecule has 0 bridgehead atoms. The predicted octanol–water partition coefficient (Wildman–Crippen LogP) is 4.84. The molecule has 4 rings (SSSR count). The zero-order chi connectivity index (χ0) is 21.6. The lowest BCUT2D eigenvalue weighted by molar-refractivity contribution is -0.435.